The lowest BCUT2D eigenvalue weighted by molar-refractivity contribution is -0.135. The Kier molecular flexibility index (Phi) is 6.34. The summed E-state index contributed by atoms with van der Waals surface area (Å²) < 4.78 is 27.7. The van der Waals surface area contributed by atoms with Gasteiger partial charge in [0.15, 0.2) is 0 Å². The van der Waals surface area contributed by atoms with Crippen LogP contribution in [0.5, 0.6) is 0 Å². The zero-order chi connectivity index (χ0) is 21.0. The minimum absolute atomic E-state index is 0.172. The van der Waals surface area contributed by atoms with Gasteiger partial charge in [-0.2, -0.15) is 4.31 Å². The number of aliphatic carboxylic acids is 1. The van der Waals surface area contributed by atoms with Crippen LogP contribution in [0.2, 0.25) is 0 Å². The van der Waals surface area contributed by atoms with Crippen molar-refractivity contribution in [2.75, 3.05) is 19.6 Å². The highest BCUT2D eigenvalue weighted by Crippen LogP contribution is 2.31. The summed E-state index contributed by atoms with van der Waals surface area (Å²) in [6.07, 6.45) is 1.52. The normalized spacial score (nSPS) is 15.8. The lowest BCUT2D eigenvalue weighted by Crippen LogP contribution is -2.38. The highest BCUT2D eigenvalue weighted by molar-refractivity contribution is 7.89. The predicted octanol–water partition coefficient (Wildman–Crippen LogP) is 2.38. The van der Waals surface area contributed by atoms with Crippen molar-refractivity contribution >= 4 is 21.9 Å². The molecule has 2 N–H and O–H groups in total. The van der Waals surface area contributed by atoms with E-state index < -0.39 is 28.4 Å². The molecule has 0 aromatic heterocycles. The molecule has 0 atom stereocenters. The fourth-order valence-electron chi connectivity index (χ4n) is 3.63. The molecule has 0 radical (unpaired) electrons. The third kappa shape index (κ3) is 4.83. The molecule has 1 amide bonds. The van der Waals surface area contributed by atoms with Crippen molar-refractivity contribution in [3.8, 4) is 0 Å². The van der Waals surface area contributed by atoms with Crippen LogP contribution in [0.3, 0.4) is 0 Å². The third-order valence-corrected chi connectivity index (χ3v) is 7.24. The molecular weight excluding hydrogens is 392 g/mol. The van der Waals surface area contributed by atoms with Gasteiger partial charge in [-0.1, -0.05) is 30.3 Å². The molecule has 0 bridgehead atoms. The van der Waals surface area contributed by atoms with Crippen LogP contribution in [0.25, 0.3) is 0 Å². The van der Waals surface area contributed by atoms with Crippen LogP contribution in [-0.4, -0.2) is 49.3 Å². The number of hydrogen-bond donors (Lipinski definition) is 2. The van der Waals surface area contributed by atoms with E-state index in [4.69, 9.17) is 5.11 Å². The number of carbonyl (C=O) groups is 2. The smallest absolute Gasteiger partial charge is 0.322 e. The molecule has 1 aliphatic heterocycles. The van der Waals surface area contributed by atoms with Crippen molar-refractivity contribution in [3.63, 3.8) is 0 Å². The second-order valence-corrected chi connectivity index (χ2v) is 9.05. The van der Waals surface area contributed by atoms with E-state index >= 15 is 0 Å². The molecule has 7 nitrogen and oxygen atoms in total. The van der Waals surface area contributed by atoms with E-state index in [9.17, 15) is 18.0 Å². The summed E-state index contributed by atoms with van der Waals surface area (Å²) in [6, 6.07) is 14.4. The van der Waals surface area contributed by atoms with Crippen LogP contribution >= 0.6 is 0 Å². The Labute approximate surface area is 170 Å². The van der Waals surface area contributed by atoms with Gasteiger partial charge in [0.2, 0.25) is 10.0 Å². The average Bonchev–Trinajstić information content (AvgIpc) is 2.72. The molecule has 3 rings (SSSR count). The fourth-order valence-corrected chi connectivity index (χ4v) is 5.31. The molecule has 1 fully saturated rings. The van der Waals surface area contributed by atoms with Gasteiger partial charge in [0, 0.05) is 18.7 Å². The fraction of sp³-hybridized carbons (Fsp3) is 0.333. The third-order valence-electron chi connectivity index (χ3n) is 5.18. The summed E-state index contributed by atoms with van der Waals surface area (Å²) in [6.45, 7) is 2.04. The minimum Gasteiger partial charge on any atom is -0.480 e. The molecule has 0 saturated carbocycles. The maximum atomic E-state index is 13.1. The van der Waals surface area contributed by atoms with Crippen LogP contribution in [0.15, 0.2) is 53.4 Å². The van der Waals surface area contributed by atoms with Crippen LogP contribution in [0.4, 0.5) is 0 Å². The van der Waals surface area contributed by atoms with Gasteiger partial charge in [0.1, 0.15) is 6.54 Å². The van der Waals surface area contributed by atoms with Crippen molar-refractivity contribution < 1.29 is 23.1 Å². The first-order valence-corrected chi connectivity index (χ1v) is 10.9. The van der Waals surface area contributed by atoms with Gasteiger partial charge >= 0.3 is 5.97 Å². The molecule has 2 aromatic rings. The highest BCUT2D eigenvalue weighted by Gasteiger charge is 2.31. The van der Waals surface area contributed by atoms with Gasteiger partial charge in [-0.3, -0.25) is 9.59 Å². The van der Waals surface area contributed by atoms with Crippen LogP contribution in [0.1, 0.15) is 40.2 Å². The zero-order valence-electron chi connectivity index (χ0n) is 16.2. The Bertz CT molecular complexity index is 997. The number of sulfonamides is 1. The molecular formula is C21H24N2O5S. The zero-order valence-corrected chi connectivity index (χ0v) is 17.0. The Balaban J connectivity index is 1.71. The van der Waals surface area contributed by atoms with E-state index in [1.807, 2.05) is 18.2 Å². The Morgan fingerprint density at radius 3 is 2.34 bits per heavy atom. The van der Waals surface area contributed by atoms with Crippen LogP contribution in [-0.2, 0) is 14.8 Å². The summed E-state index contributed by atoms with van der Waals surface area (Å²) >= 11 is 0. The Hall–Kier alpha value is -2.71. The molecule has 1 aliphatic rings. The van der Waals surface area contributed by atoms with E-state index in [1.54, 1.807) is 6.92 Å². The molecule has 29 heavy (non-hydrogen) atoms. The lowest BCUT2D eigenvalue weighted by Gasteiger charge is -2.31. The first-order valence-electron chi connectivity index (χ1n) is 9.45. The number of amides is 1. The van der Waals surface area contributed by atoms with Gasteiger partial charge in [0.05, 0.1) is 4.90 Å². The number of carboxylic acid groups (broad SMARTS) is 1. The highest BCUT2D eigenvalue weighted by atomic mass is 32.2. The van der Waals surface area contributed by atoms with Crippen LogP contribution < -0.4 is 5.32 Å². The van der Waals surface area contributed by atoms with Gasteiger partial charge in [-0.05, 0) is 55.0 Å². The number of nitrogens with zero attached hydrogens (tertiary/aromatic N) is 1. The summed E-state index contributed by atoms with van der Waals surface area (Å²) in [5, 5.41) is 10.9. The van der Waals surface area contributed by atoms with Gasteiger partial charge in [-0.15, -0.1) is 0 Å². The van der Waals surface area contributed by atoms with E-state index in [-0.39, 0.29) is 10.5 Å². The van der Waals surface area contributed by atoms with Gasteiger partial charge in [-0.25, -0.2) is 8.42 Å². The molecule has 154 valence electrons. The second-order valence-electron chi connectivity index (χ2n) is 7.15. The molecule has 8 heteroatoms. The van der Waals surface area contributed by atoms with Crippen molar-refractivity contribution in [2.24, 2.45) is 0 Å². The Morgan fingerprint density at radius 1 is 1.10 bits per heavy atom. The summed E-state index contributed by atoms with van der Waals surface area (Å²) in [4.78, 5) is 22.7. The molecule has 2 aromatic carbocycles. The van der Waals surface area contributed by atoms with E-state index in [1.165, 1.54) is 28.1 Å². The number of nitrogens with one attached hydrogen (secondary N) is 1. The number of carbonyl (C=O) groups excluding carboxylic acids is 1. The minimum atomic E-state index is -3.66. The standard InChI is InChI=1S/C21H24N2O5S/c1-15-13-18(21(26)22-14-20(24)25)7-8-19(15)29(27,28)23-11-9-17(10-12-23)16-5-3-2-4-6-16/h2-8,13,17H,9-12,14H2,1H3,(H,22,26)(H,24,25). The topological polar surface area (TPSA) is 104 Å². The monoisotopic (exact) mass is 416 g/mol. The molecule has 0 aliphatic carbocycles. The largest absolute Gasteiger partial charge is 0.480 e. The first kappa shape index (κ1) is 21.0. The number of carboxylic acids is 1. The molecule has 1 heterocycles. The first-order chi connectivity index (χ1) is 13.8. The SMILES string of the molecule is Cc1cc(C(=O)NCC(=O)O)ccc1S(=O)(=O)N1CCC(c2ccccc2)CC1. The molecule has 0 spiro atoms. The lowest BCUT2D eigenvalue weighted by atomic mass is 9.90. The summed E-state index contributed by atoms with van der Waals surface area (Å²) in [5.41, 5.74) is 1.92. The summed E-state index contributed by atoms with van der Waals surface area (Å²) in [7, 11) is -3.66. The molecule has 0 unspecified atom stereocenters. The van der Waals surface area contributed by atoms with E-state index in [2.05, 4.69) is 17.4 Å². The number of piperidine rings is 1. The van der Waals surface area contributed by atoms with Gasteiger partial charge < -0.3 is 10.4 Å². The average molecular weight is 416 g/mol. The van der Waals surface area contributed by atoms with Crippen molar-refractivity contribution in [3.05, 3.63) is 65.2 Å². The predicted molar refractivity (Wildman–Crippen MR) is 108 cm³/mol. The quantitative estimate of drug-likeness (QED) is 0.752. The van der Waals surface area contributed by atoms with Crippen molar-refractivity contribution in [1.29, 1.82) is 0 Å². The van der Waals surface area contributed by atoms with E-state index in [0.29, 0.717) is 24.6 Å². The van der Waals surface area contributed by atoms with Crippen molar-refractivity contribution in [2.45, 2.75) is 30.6 Å². The Morgan fingerprint density at radius 2 is 1.76 bits per heavy atom. The summed E-state index contributed by atoms with van der Waals surface area (Å²) in [5.74, 6) is -1.35. The van der Waals surface area contributed by atoms with Crippen LogP contribution in [0, 0.1) is 6.92 Å². The second kappa shape index (κ2) is 8.75. The number of hydrogen-bond acceptors (Lipinski definition) is 4. The maximum Gasteiger partial charge on any atom is 0.322 e. The van der Waals surface area contributed by atoms with E-state index in [0.717, 1.165) is 12.8 Å². The molecule has 1 saturated heterocycles. The van der Waals surface area contributed by atoms with Gasteiger partial charge in [0.25, 0.3) is 5.91 Å². The maximum absolute atomic E-state index is 13.1. The number of aryl methyl sites for hydroxylation is 1. The number of rotatable bonds is 6. The number of benzene rings is 2. The van der Waals surface area contributed by atoms with Crippen molar-refractivity contribution in [1.82, 2.24) is 9.62 Å².